The van der Waals surface area contributed by atoms with Gasteiger partial charge in [0.25, 0.3) is 5.91 Å². The summed E-state index contributed by atoms with van der Waals surface area (Å²) in [6.07, 6.45) is 0. The largest absolute Gasteiger partial charge is 0.481 e. The number of aryl methyl sites for hydroxylation is 1. The van der Waals surface area contributed by atoms with Gasteiger partial charge in [-0.2, -0.15) is 0 Å². The number of hydrogen-bond acceptors (Lipinski definition) is 17. The highest BCUT2D eigenvalue weighted by Crippen LogP contribution is 2.45. The van der Waals surface area contributed by atoms with E-state index in [9.17, 15) is 38.7 Å². The van der Waals surface area contributed by atoms with E-state index in [1.54, 1.807) is 6.92 Å². The molecule has 2 aromatic heterocycles. The van der Waals surface area contributed by atoms with Crippen LogP contribution in [0.4, 0.5) is 9.93 Å². The van der Waals surface area contributed by atoms with Crippen molar-refractivity contribution in [1.29, 1.82) is 0 Å². The number of nitrogens with one attached hydrogen (secondary N) is 4. The lowest BCUT2D eigenvalue weighted by Gasteiger charge is -2.53. The third-order valence-corrected chi connectivity index (χ3v) is 11.8. The topological polar surface area (TPSA) is 274 Å². The summed E-state index contributed by atoms with van der Waals surface area (Å²) in [6, 6.07) is 0.0527. The van der Waals surface area contributed by atoms with Gasteiger partial charge in [0.1, 0.15) is 21.8 Å². The van der Waals surface area contributed by atoms with Crippen LogP contribution >= 0.6 is 46.2 Å². The maximum Gasteiger partial charge on any atom is 0.334 e. The summed E-state index contributed by atoms with van der Waals surface area (Å²) in [7, 11) is 0. The van der Waals surface area contributed by atoms with Crippen LogP contribution in [0.3, 0.4) is 0 Å². The molecule has 0 bridgehead atoms. The number of anilines is 1. The number of aliphatic carboxylic acids is 1. The number of esters is 2. The molecule has 5 rings (SSSR count). The molecule has 1 aromatic carbocycles. The Labute approximate surface area is 304 Å². The molecule has 2 aliphatic heterocycles. The smallest absolute Gasteiger partial charge is 0.334 e. The first-order valence-electron chi connectivity index (χ1n) is 14.6. The Bertz CT molecular complexity index is 1900. The van der Waals surface area contributed by atoms with Crippen LogP contribution in [-0.4, -0.2) is 96.3 Å². The number of carboxylic acids is 1. The Morgan fingerprint density at radius 2 is 1.84 bits per heavy atom. The number of thioether (sulfide) groups is 2. The number of fused-ring (bicyclic) bond motifs is 1. The molecule has 51 heavy (non-hydrogen) atoms. The lowest BCUT2D eigenvalue weighted by molar-refractivity contribution is -0.157. The first kappa shape index (κ1) is 37.3. The molecule has 0 spiro atoms. The number of benzene rings is 1. The summed E-state index contributed by atoms with van der Waals surface area (Å²) in [6.45, 7) is 3.96. The summed E-state index contributed by atoms with van der Waals surface area (Å²) < 4.78 is 10.6. The lowest BCUT2D eigenvalue weighted by Crippen LogP contribution is -2.74. The zero-order valence-electron chi connectivity index (χ0n) is 26.8. The quantitative estimate of drug-likeness (QED) is 0.0513. The number of β-lactam (4-membered cyclic amide) rings is 1. The normalized spacial score (nSPS) is 19.8. The van der Waals surface area contributed by atoms with Gasteiger partial charge in [0.15, 0.2) is 27.0 Å². The van der Waals surface area contributed by atoms with Crippen LogP contribution in [0.5, 0.6) is 11.5 Å². The van der Waals surface area contributed by atoms with Crippen LogP contribution in [0, 0.1) is 12.3 Å². The second-order valence-electron chi connectivity index (χ2n) is 11.1. The van der Waals surface area contributed by atoms with Crippen LogP contribution in [-0.2, 0) is 24.0 Å². The molecular weight excluding hydrogens is 751 g/mol. The highest BCUT2D eigenvalue weighted by Gasteiger charge is 2.57. The van der Waals surface area contributed by atoms with Crippen molar-refractivity contribution in [3.05, 3.63) is 39.8 Å². The van der Waals surface area contributed by atoms with Gasteiger partial charge in [-0.25, -0.2) is 15.2 Å². The van der Waals surface area contributed by atoms with Crippen LogP contribution in [0.1, 0.15) is 40.9 Å². The van der Waals surface area contributed by atoms with E-state index in [1.807, 2.05) is 0 Å². The first-order chi connectivity index (χ1) is 24.2. The fourth-order valence-electron chi connectivity index (χ4n) is 4.86. The average molecular weight is 780 g/mol. The number of carbonyl (C=O) groups excluding carboxylic acids is 6. The van der Waals surface area contributed by atoms with Gasteiger partial charge < -0.3 is 35.8 Å². The van der Waals surface area contributed by atoms with Gasteiger partial charge in [0.2, 0.25) is 11.8 Å². The minimum atomic E-state index is -1.46. The van der Waals surface area contributed by atoms with Crippen molar-refractivity contribution < 1.29 is 48.1 Å². The third-order valence-electron chi connectivity index (χ3n) is 7.25. The zero-order valence-corrected chi connectivity index (χ0v) is 30.0. The molecule has 3 aromatic rings. The fourth-order valence-corrected chi connectivity index (χ4v) is 9.13. The van der Waals surface area contributed by atoms with Crippen LogP contribution < -0.4 is 36.7 Å². The second-order valence-corrected chi connectivity index (χ2v) is 15.5. The van der Waals surface area contributed by atoms with Gasteiger partial charge in [0.05, 0.1) is 5.69 Å². The summed E-state index contributed by atoms with van der Waals surface area (Å²) in [4.78, 5) is 93.1. The second kappa shape index (κ2) is 15.5. The van der Waals surface area contributed by atoms with E-state index in [1.165, 1.54) is 57.3 Å². The molecule has 0 aliphatic carbocycles. The molecule has 4 atom stereocenters. The number of nitrogens with zero attached hydrogens (tertiary/aromatic N) is 4. The first-order valence-corrected chi connectivity index (χ1v) is 18.4. The van der Waals surface area contributed by atoms with Gasteiger partial charge in [0, 0.05) is 42.8 Å². The van der Waals surface area contributed by atoms with Crippen molar-refractivity contribution in [3.8, 4) is 11.5 Å². The number of carboxylic acid groups (broad SMARTS) is 1. The summed E-state index contributed by atoms with van der Waals surface area (Å²) in [5.74, 6) is -4.69. The van der Waals surface area contributed by atoms with Crippen LogP contribution in [0.15, 0.2) is 27.9 Å². The minimum Gasteiger partial charge on any atom is -0.481 e. The Balaban J connectivity index is 1.21. The number of nitrogens with two attached hydrogens (primary N) is 1. The van der Waals surface area contributed by atoms with Gasteiger partial charge in [-0.05, 0) is 25.1 Å². The molecule has 2 aliphatic rings. The number of hydrazine groups is 1. The molecule has 4 heterocycles. The number of ether oxygens (including phenoxy) is 2. The Morgan fingerprint density at radius 1 is 1.12 bits per heavy atom. The van der Waals surface area contributed by atoms with E-state index < -0.39 is 64.5 Å². The maximum atomic E-state index is 13.5. The molecule has 5 amide bonds. The highest BCUT2D eigenvalue weighted by atomic mass is 32.2. The van der Waals surface area contributed by atoms with E-state index >= 15 is 0 Å². The monoisotopic (exact) mass is 779 g/mol. The Morgan fingerprint density at radius 3 is 2.47 bits per heavy atom. The van der Waals surface area contributed by atoms with E-state index in [0.717, 1.165) is 36.3 Å². The molecule has 2 fully saturated rings. The van der Waals surface area contributed by atoms with Crippen LogP contribution in [0.25, 0.3) is 0 Å². The molecule has 3 unspecified atom stereocenters. The van der Waals surface area contributed by atoms with Crippen molar-refractivity contribution in [2.24, 2.45) is 5.41 Å². The van der Waals surface area contributed by atoms with Crippen molar-refractivity contribution in [3.63, 3.8) is 0 Å². The van der Waals surface area contributed by atoms with Crippen LogP contribution in [0.2, 0.25) is 0 Å². The van der Waals surface area contributed by atoms with Gasteiger partial charge >= 0.3 is 23.9 Å². The molecule has 7 N–H and O–H groups in total. The van der Waals surface area contributed by atoms with E-state index in [4.69, 9.17) is 15.2 Å². The molecule has 0 saturated carbocycles. The van der Waals surface area contributed by atoms with Crippen molar-refractivity contribution in [2.75, 3.05) is 23.8 Å². The molecule has 19 nitrogen and oxygen atoms in total. The van der Waals surface area contributed by atoms with Crippen molar-refractivity contribution in [1.82, 2.24) is 41.6 Å². The van der Waals surface area contributed by atoms with Gasteiger partial charge in [-0.3, -0.25) is 34.2 Å². The van der Waals surface area contributed by atoms with Gasteiger partial charge in [-0.1, -0.05) is 23.1 Å². The fraction of sp³-hybridized carbons (Fsp3) is 0.357. The predicted octanol–water partition coefficient (Wildman–Crippen LogP) is 0.684. The van der Waals surface area contributed by atoms with Crippen molar-refractivity contribution >= 4 is 93.0 Å². The van der Waals surface area contributed by atoms with E-state index in [-0.39, 0.29) is 45.9 Å². The third kappa shape index (κ3) is 8.66. The minimum absolute atomic E-state index is 0.0531. The summed E-state index contributed by atoms with van der Waals surface area (Å²) in [5, 5.41) is 24.8. The number of urea groups is 1. The number of amides is 5. The molecule has 23 heteroatoms. The lowest BCUT2D eigenvalue weighted by atomic mass is 9.89. The number of thiazole rings is 1. The van der Waals surface area contributed by atoms with Crippen molar-refractivity contribution in [2.45, 2.75) is 42.6 Å². The Kier molecular flexibility index (Phi) is 11.3. The summed E-state index contributed by atoms with van der Waals surface area (Å²) in [5.41, 5.74) is 8.71. The average Bonchev–Trinajstić information content (AvgIpc) is 3.71. The molecule has 270 valence electrons. The SMILES string of the molecule is CC(=O)Oc1ccc(C(=O)NNC(=O)NC(C(=O)NC2C(=O)N3CC(CSc4nnc(C)s4)(C(=O)O)CS[C@H]23)c2csc(N)n2)cc1OC(C)=O. The number of nitrogen functional groups attached to an aromatic ring is 1. The predicted molar refractivity (Wildman–Crippen MR) is 183 cm³/mol. The zero-order chi connectivity index (χ0) is 37.0. The summed E-state index contributed by atoms with van der Waals surface area (Å²) >= 11 is 4.81. The number of hydrogen-bond donors (Lipinski definition) is 6. The highest BCUT2D eigenvalue weighted by molar-refractivity contribution is 8.01. The number of carbonyl (C=O) groups is 7. The molecule has 2 saturated heterocycles. The van der Waals surface area contributed by atoms with E-state index in [0.29, 0.717) is 4.34 Å². The van der Waals surface area contributed by atoms with Gasteiger partial charge in [-0.15, -0.1) is 33.3 Å². The van der Waals surface area contributed by atoms with E-state index in [2.05, 4.69) is 36.7 Å². The maximum absolute atomic E-state index is 13.5. The molecular formula is C28H29N9O10S4. The Hall–Kier alpha value is -5.00. The number of rotatable bonds is 11. The molecule has 0 radical (unpaired) electrons. The number of aromatic nitrogens is 3. The standard InChI is InChI=1S/C28H29N9O10S4/c1-11-33-36-27(51-11)50-10-28(24(43)44)8-37-22(42)19(23(37)49-9-28)31-21(41)18(15-7-48-25(29)30-15)32-26(45)35-34-20(40)14-4-5-16(46-12(2)38)17(6-14)47-13(3)39/h4-7,18-19,23H,8-10H2,1-3H3,(H2,29,30)(H,31,41)(H,34,40)(H,43,44)(H2,32,35,45)/t18?,19?,23-,28?/m1/s1.